The Labute approximate surface area is 121 Å². The van der Waals surface area contributed by atoms with Crippen LogP contribution in [-0.2, 0) is 9.59 Å². The van der Waals surface area contributed by atoms with Crippen LogP contribution in [0.2, 0.25) is 0 Å². The van der Waals surface area contributed by atoms with E-state index in [-0.39, 0.29) is 11.8 Å². The second-order valence-corrected chi connectivity index (χ2v) is 5.92. The molecule has 110 valence electrons. The van der Waals surface area contributed by atoms with Crippen LogP contribution in [0.25, 0.3) is 0 Å². The van der Waals surface area contributed by atoms with Crippen molar-refractivity contribution in [3.63, 3.8) is 0 Å². The van der Waals surface area contributed by atoms with Crippen molar-refractivity contribution >= 4 is 34.1 Å². The fourth-order valence-electron chi connectivity index (χ4n) is 1.62. The first-order valence-electron chi connectivity index (χ1n) is 6.20. The zero-order valence-electron chi connectivity index (χ0n) is 11.6. The number of rotatable bonds is 6. The van der Waals surface area contributed by atoms with E-state index in [1.54, 1.807) is 12.1 Å². The van der Waals surface area contributed by atoms with Gasteiger partial charge in [-0.15, -0.1) is 11.3 Å². The topological polar surface area (TPSA) is 95.5 Å². The average molecular weight is 298 g/mol. The number of hydrogen-bond acceptors (Lipinski definition) is 4. The van der Waals surface area contributed by atoms with E-state index in [9.17, 15) is 14.4 Å². The number of thiophene rings is 1. The summed E-state index contributed by atoms with van der Waals surface area (Å²) in [6, 6.07) is 2.26. The minimum atomic E-state index is -1.05. The van der Waals surface area contributed by atoms with Crippen molar-refractivity contribution in [2.75, 3.05) is 5.32 Å². The number of hydrogen-bond donors (Lipinski definition) is 3. The van der Waals surface area contributed by atoms with E-state index >= 15 is 0 Å². The van der Waals surface area contributed by atoms with Crippen molar-refractivity contribution < 1.29 is 19.5 Å². The van der Waals surface area contributed by atoms with E-state index in [1.165, 1.54) is 6.92 Å². The predicted molar refractivity (Wildman–Crippen MR) is 77.0 cm³/mol. The number of carbonyl (C=O) groups is 3. The molecule has 1 heterocycles. The Bertz CT molecular complexity index is 510. The van der Waals surface area contributed by atoms with Gasteiger partial charge in [0.15, 0.2) is 0 Å². The SMILES string of the molecule is CC(=O)Nc1ccc(C(=O)NC(CC(C)C)C(=O)O)s1. The first kappa shape index (κ1) is 16.2. The lowest BCUT2D eigenvalue weighted by atomic mass is 10.0. The molecule has 1 unspecified atom stereocenters. The molecule has 0 spiro atoms. The number of carboxylic acids is 1. The fourth-order valence-corrected chi connectivity index (χ4v) is 2.48. The highest BCUT2D eigenvalue weighted by Gasteiger charge is 2.22. The van der Waals surface area contributed by atoms with Crippen LogP contribution in [-0.4, -0.2) is 28.9 Å². The molecule has 0 aliphatic heterocycles. The van der Waals surface area contributed by atoms with Gasteiger partial charge in [0.05, 0.1) is 9.88 Å². The van der Waals surface area contributed by atoms with Crippen LogP contribution >= 0.6 is 11.3 Å². The molecule has 0 saturated carbocycles. The Balaban J connectivity index is 2.71. The summed E-state index contributed by atoms with van der Waals surface area (Å²) in [4.78, 5) is 34.3. The molecular weight excluding hydrogens is 280 g/mol. The molecule has 1 aromatic heterocycles. The first-order chi connectivity index (χ1) is 9.29. The third kappa shape index (κ3) is 5.00. The van der Waals surface area contributed by atoms with E-state index in [1.807, 2.05) is 13.8 Å². The van der Waals surface area contributed by atoms with Crippen LogP contribution in [0.1, 0.15) is 36.9 Å². The molecule has 0 radical (unpaired) electrons. The molecule has 6 nitrogen and oxygen atoms in total. The molecule has 1 atom stereocenters. The first-order valence-corrected chi connectivity index (χ1v) is 7.02. The van der Waals surface area contributed by atoms with E-state index in [4.69, 9.17) is 5.11 Å². The summed E-state index contributed by atoms with van der Waals surface area (Å²) < 4.78 is 0. The second-order valence-electron chi connectivity index (χ2n) is 4.84. The Morgan fingerprint density at radius 2 is 1.95 bits per heavy atom. The maximum atomic E-state index is 12.0. The Kier molecular flexibility index (Phi) is 5.69. The van der Waals surface area contributed by atoms with Crippen molar-refractivity contribution in [3.8, 4) is 0 Å². The van der Waals surface area contributed by atoms with Gasteiger partial charge in [-0.05, 0) is 24.5 Å². The summed E-state index contributed by atoms with van der Waals surface area (Å²) in [5, 5.41) is 14.7. The Morgan fingerprint density at radius 3 is 2.45 bits per heavy atom. The number of amides is 2. The minimum absolute atomic E-state index is 0.162. The van der Waals surface area contributed by atoms with E-state index < -0.39 is 17.9 Å². The maximum Gasteiger partial charge on any atom is 0.326 e. The van der Waals surface area contributed by atoms with E-state index in [0.29, 0.717) is 16.3 Å². The summed E-state index contributed by atoms with van der Waals surface area (Å²) in [7, 11) is 0. The monoisotopic (exact) mass is 298 g/mol. The third-order valence-corrected chi connectivity index (χ3v) is 3.44. The van der Waals surface area contributed by atoms with Crippen molar-refractivity contribution in [2.24, 2.45) is 5.92 Å². The standard InChI is InChI=1S/C13H18N2O4S/c1-7(2)6-9(13(18)19)15-12(17)10-4-5-11(20-10)14-8(3)16/h4-5,7,9H,6H2,1-3H3,(H,14,16)(H,15,17)(H,18,19). The van der Waals surface area contributed by atoms with Crippen LogP contribution in [0.15, 0.2) is 12.1 Å². The molecule has 0 saturated heterocycles. The van der Waals surface area contributed by atoms with Gasteiger partial charge >= 0.3 is 5.97 Å². The van der Waals surface area contributed by atoms with Gasteiger partial charge < -0.3 is 15.7 Å². The van der Waals surface area contributed by atoms with Gasteiger partial charge in [-0.25, -0.2) is 4.79 Å². The van der Waals surface area contributed by atoms with Gasteiger partial charge in [0, 0.05) is 6.92 Å². The van der Waals surface area contributed by atoms with E-state index in [2.05, 4.69) is 10.6 Å². The molecule has 3 N–H and O–H groups in total. The zero-order chi connectivity index (χ0) is 15.3. The number of carbonyl (C=O) groups excluding carboxylic acids is 2. The molecule has 0 aliphatic carbocycles. The molecular formula is C13H18N2O4S. The van der Waals surface area contributed by atoms with Crippen molar-refractivity contribution in [1.82, 2.24) is 5.32 Å². The van der Waals surface area contributed by atoms with Crippen LogP contribution in [0.5, 0.6) is 0 Å². The third-order valence-electron chi connectivity index (χ3n) is 2.44. The average Bonchev–Trinajstić information content (AvgIpc) is 2.74. The maximum absolute atomic E-state index is 12.0. The summed E-state index contributed by atoms with van der Waals surface area (Å²) in [6.45, 7) is 5.16. The molecule has 1 aromatic rings. The van der Waals surface area contributed by atoms with Crippen LogP contribution in [0.3, 0.4) is 0 Å². The van der Waals surface area contributed by atoms with Crippen LogP contribution in [0, 0.1) is 5.92 Å². The van der Waals surface area contributed by atoms with Crippen LogP contribution < -0.4 is 10.6 Å². The van der Waals surface area contributed by atoms with Gasteiger partial charge in [0.1, 0.15) is 6.04 Å². The Morgan fingerprint density at radius 1 is 1.30 bits per heavy atom. The number of aliphatic carboxylic acids is 1. The zero-order valence-corrected chi connectivity index (χ0v) is 12.4. The van der Waals surface area contributed by atoms with Crippen molar-refractivity contribution in [1.29, 1.82) is 0 Å². The molecule has 20 heavy (non-hydrogen) atoms. The van der Waals surface area contributed by atoms with Gasteiger partial charge in [-0.1, -0.05) is 13.8 Å². The quantitative estimate of drug-likeness (QED) is 0.748. The molecule has 2 amide bonds. The fraction of sp³-hybridized carbons (Fsp3) is 0.462. The van der Waals surface area contributed by atoms with Gasteiger partial charge in [-0.2, -0.15) is 0 Å². The molecule has 0 aromatic carbocycles. The highest BCUT2D eigenvalue weighted by atomic mass is 32.1. The van der Waals surface area contributed by atoms with Crippen LogP contribution in [0.4, 0.5) is 5.00 Å². The van der Waals surface area contributed by atoms with Gasteiger partial charge in [0.25, 0.3) is 5.91 Å². The molecule has 7 heteroatoms. The van der Waals surface area contributed by atoms with Gasteiger partial charge in [-0.3, -0.25) is 9.59 Å². The smallest absolute Gasteiger partial charge is 0.326 e. The normalized spacial score (nSPS) is 12.0. The minimum Gasteiger partial charge on any atom is -0.480 e. The highest BCUT2D eigenvalue weighted by Crippen LogP contribution is 2.22. The lowest BCUT2D eigenvalue weighted by Gasteiger charge is -2.15. The van der Waals surface area contributed by atoms with E-state index in [0.717, 1.165) is 11.3 Å². The van der Waals surface area contributed by atoms with Crippen molar-refractivity contribution in [3.05, 3.63) is 17.0 Å². The number of anilines is 1. The summed E-state index contributed by atoms with van der Waals surface area (Å²) in [5.74, 6) is -1.55. The van der Waals surface area contributed by atoms with Crippen molar-refractivity contribution in [2.45, 2.75) is 33.2 Å². The summed E-state index contributed by atoms with van der Waals surface area (Å²) in [5.41, 5.74) is 0. The highest BCUT2D eigenvalue weighted by molar-refractivity contribution is 7.18. The summed E-state index contributed by atoms with van der Waals surface area (Å²) >= 11 is 1.10. The number of nitrogens with one attached hydrogen (secondary N) is 2. The lowest BCUT2D eigenvalue weighted by molar-refractivity contribution is -0.139. The largest absolute Gasteiger partial charge is 0.480 e. The second kappa shape index (κ2) is 7.04. The summed E-state index contributed by atoms with van der Waals surface area (Å²) in [6.07, 6.45) is 0.366. The lowest BCUT2D eigenvalue weighted by Crippen LogP contribution is -2.41. The molecule has 0 bridgehead atoms. The van der Waals surface area contributed by atoms with Gasteiger partial charge in [0.2, 0.25) is 5.91 Å². The Hall–Kier alpha value is -1.89. The molecule has 0 fully saturated rings. The molecule has 0 aliphatic rings. The predicted octanol–water partition coefficient (Wildman–Crippen LogP) is 1.94. The molecule has 1 rings (SSSR count). The number of carboxylic acid groups (broad SMARTS) is 1.